The lowest BCUT2D eigenvalue weighted by Crippen LogP contribution is -2.01. The number of ether oxygens (including phenoxy) is 1. The molecule has 0 spiro atoms. The molecule has 0 heterocycles. The van der Waals surface area contributed by atoms with Gasteiger partial charge in [0.15, 0.2) is 0 Å². The fourth-order valence-corrected chi connectivity index (χ4v) is 0.930. The van der Waals surface area contributed by atoms with E-state index in [0.29, 0.717) is 5.56 Å². The summed E-state index contributed by atoms with van der Waals surface area (Å²) in [6.45, 7) is 2.65. The second kappa shape index (κ2) is 8.18. The van der Waals surface area contributed by atoms with E-state index in [1.807, 2.05) is 6.92 Å². The summed E-state index contributed by atoms with van der Waals surface area (Å²) < 4.78 is 4.64. The van der Waals surface area contributed by atoms with Crippen molar-refractivity contribution >= 4 is 12.0 Å². The molecule has 94 valence electrons. The Hall–Kier alpha value is -2.01. The summed E-state index contributed by atoms with van der Waals surface area (Å²) in [6.07, 6.45) is 1.38. The standard InChI is InChI=1S/C10H10O4.C2H7N/c1-14-9(10(12)13)6-7-2-4-8(11)5-3-7;1-2-3/h2-6,11H,1H3,(H,12,13);2-3H2,1H3. The Morgan fingerprint density at radius 1 is 1.41 bits per heavy atom. The van der Waals surface area contributed by atoms with Gasteiger partial charge in [0.05, 0.1) is 7.11 Å². The van der Waals surface area contributed by atoms with Crippen molar-refractivity contribution in [1.29, 1.82) is 0 Å². The van der Waals surface area contributed by atoms with E-state index in [4.69, 9.17) is 15.9 Å². The minimum absolute atomic E-state index is 0.136. The van der Waals surface area contributed by atoms with Crippen molar-refractivity contribution in [2.45, 2.75) is 6.92 Å². The van der Waals surface area contributed by atoms with Crippen molar-refractivity contribution in [3.63, 3.8) is 0 Å². The monoisotopic (exact) mass is 239 g/mol. The topological polar surface area (TPSA) is 92.8 Å². The summed E-state index contributed by atoms with van der Waals surface area (Å²) in [5.41, 5.74) is 5.50. The molecule has 5 heteroatoms. The molecular weight excluding hydrogens is 222 g/mol. The van der Waals surface area contributed by atoms with Crippen LogP contribution in [0, 0.1) is 0 Å². The Kier molecular flexibility index (Phi) is 7.21. The third-order valence-electron chi connectivity index (χ3n) is 1.62. The zero-order valence-corrected chi connectivity index (χ0v) is 9.88. The van der Waals surface area contributed by atoms with Crippen LogP contribution in [-0.2, 0) is 9.53 Å². The van der Waals surface area contributed by atoms with Crippen molar-refractivity contribution in [2.75, 3.05) is 13.7 Å². The molecule has 0 unspecified atom stereocenters. The Bertz CT molecular complexity index is 371. The van der Waals surface area contributed by atoms with Crippen LogP contribution >= 0.6 is 0 Å². The fourth-order valence-electron chi connectivity index (χ4n) is 0.930. The van der Waals surface area contributed by atoms with Crippen LogP contribution in [0.15, 0.2) is 30.0 Å². The van der Waals surface area contributed by atoms with Crippen LogP contribution in [0.25, 0.3) is 6.08 Å². The van der Waals surface area contributed by atoms with Crippen LogP contribution in [-0.4, -0.2) is 29.8 Å². The van der Waals surface area contributed by atoms with Crippen molar-refractivity contribution in [1.82, 2.24) is 0 Å². The summed E-state index contributed by atoms with van der Waals surface area (Å²) >= 11 is 0. The number of rotatable bonds is 3. The van der Waals surface area contributed by atoms with Crippen LogP contribution in [0.5, 0.6) is 5.75 Å². The summed E-state index contributed by atoms with van der Waals surface area (Å²) in [5.74, 6) is -1.13. The average Bonchev–Trinajstić information content (AvgIpc) is 2.29. The molecule has 0 amide bonds. The van der Waals surface area contributed by atoms with Crippen LogP contribution in [0.1, 0.15) is 12.5 Å². The van der Waals surface area contributed by atoms with Gasteiger partial charge in [-0.25, -0.2) is 4.79 Å². The van der Waals surface area contributed by atoms with Gasteiger partial charge in [0.1, 0.15) is 5.75 Å². The predicted molar refractivity (Wildman–Crippen MR) is 65.5 cm³/mol. The van der Waals surface area contributed by atoms with E-state index in [0.717, 1.165) is 6.54 Å². The average molecular weight is 239 g/mol. The molecule has 1 aromatic rings. The number of methoxy groups -OCH3 is 1. The number of nitrogens with two attached hydrogens (primary N) is 1. The van der Waals surface area contributed by atoms with E-state index in [1.54, 1.807) is 12.1 Å². The first-order valence-corrected chi connectivity index (χ1v) is 5.03. The maximum Gasteiger partial charge on any atom is 0.371 e. The maximum atomic E-state index is 10.6. The highest BCUT2D eigenvalue weighted by atomic mass is 16.5. The van der Waals surface area contributed by atoms with Gasteiger partial charge in [-0.15, -0.1) is 0 Å². The molecule has 0 aliphatic carbocycles. The van der Waals surface area contributed by atoms with Gasteiger partial charge < -0.3 is 20.7 Å². The number of carbonyl (C=O) groups is 1. The highest BCUT2D eigenvalue weighted by Crippen LogP contribution is 2.12. The van der Waals surface area contributed by atoms with Gasteiger partial charge >= 0.3 is 5.97 Å². The van der Waals surface area contributed by atoms with E-state index < -0.39 is 5.97 Å². The maximum absolute atomic E-state index is 10.6. The van der Waals surface area contributed by atoms with Crippen molar-refractivity contribution < 1.29 is 19.7 Å². The molecule has 0 bridgehead atoms. The molecule has 17 heavy (non-hydrogen) atoms. The lowest BCUT2D eigenvalue weighted by molar-refractivity contribution is -0.135. The molecule has 4 N–H and O–H groups in total. The second-order valence-corrected chi connectivity index (χ2v) is 3.02. The number of carboxylic acid groups (broad SMARTS) is 1. The molecule has 0 saturated carbocycles. The minimum atomic E-state index is -1.12. The summed E-state index contributed by atoms with van der Waals surface area (Å²) in [5, 5.41) is 17.6. The first kappa shape index (κ1) is 15.0. The number of aromatic hydroxyl groups is 1. The number of phenols is 1. The van der Waals surface area contributed by atoms with Crippen LogP contribution in [0.2, 0.25) is 0 Å². The van der Waals surface area contributed by atoms with E-state index in [1.165, 1.54) is 25.3 Å². The quantitative estimate of drug-likeness (QED) is 0.548. The summed E-state index contributed by atoms with van der Waals surface area (Å²) in [4.78, 5) is 10.6. The Morgan fingerprint density at radius 3 is 2.24 bits per heavy atom. The lowest BCUT2D eigenvalue weighted by atomic mass is 10.2. The molecule has 5 nitrogen and oxygen atoms in total. The van der Waals surface area contributed by atoms with Gasteiger partial charge in [0, 0.05) is 0 Å². The first-order valence-electron chi connectivity index (χ1n) is 5.03. The number of carboxylic acids is 1. The fraction of sp³-hybridized carbons (Fsp3) is 0.250. The van der Waals surface area contributed by atoms with E-state index in [-0.39, 0.29) is 11.5 Å². The summed E-state index contributed by atoms with van der Waals surface area (Å²) in [7, 11) is 1.29. The molecule has 0 aromatic heterocycles. The third-order valence-corrected chi connectivity index (χ3v) is 1.62. The molecule has 0 atom stereocenters. The van der Waals surface area contributed by atoms with Gasteiger partial charge in [-0.3, -0.25) is 0 Å². The number of hydrogen-bond donors (Lipinski definition) is 3. The largest absolute Gasteiger partial charge is 0.508 e. The molecule has 0 saturated heterocycles. The Labute approximate surface area is 100 Å². The van der Waals surface area contributed by atoms with Crippen LogP contribution in [0.3, 0.4) is 0 Å². The van der Waals surface area contributed by atoms with E-state index in [9.17, 15) is 4.79 Å². The van der Waals surface area contributed by atoms with Crippen LogP contribution in [0.4, 0.5) is 0 Å². The minimum Gasteiger partial charge on any atom is -0.508 e. The Balaban J connectivity index is 0.000000770. The molecule has 0 fully saturated rings. The van der Waals surface area contributed by atoms with Crippen molar-refractivity contribution in [3.8, 4) is 5.75 Å². The highest BCUT2D eigenvalue weighted by molar-refractivity contribution is 5.89. The predicted octanol–water partition coefficient (Wildman–Crippen LogP) is 1.43. The number of hydrogen-bond acceptors (Lipinski definition) is 4. The van der Waals surface area contributed by atoms with Crippen molar-refractivity contribution in [3.05, 3.63) is 35.6 Å². The number of phenolic OH excluding ortho intramolecular Hbond substituents is 1. The SMILES string of the molecule is CCN.COC(=Cc1ccc(O)cc1)C(=O)O. The number of benzene rings is 1. The zero-order valence-electron chi connectivity index (χ0n) is 9.88. The van der Waals surface area contributed by atoms with Gasteiger partial charge in [-0.2, -0.15) is 0 Å². The van der Waals surface area contributed by atoms with Crippen LogP contribution < -0.4 is 5.73 Å². The van der Waals surface area contributed by atoms with E-state index in [2.05, 4.69) is 4.74 Å². The Morgan fingerprint density at radius 2 is 1.88 bits per heavy atom. The van der Waals surface area contributed by atoms with Crippen molar-refractivity contribution in [2.24, 2.45) is 5.73 Å². The van der Waals surface area contributed by atoms with Gasteiger partial charge in [-0.05, 0) is 30.3 Å². The van der Waals surface area contributed by atoms with Gasteiger partial charge in [-0.1, -0.05) is 19.1 Å². The molecule has 1 rings (SSSR count). The molecule has 0 aliphatic heterocycles. The molecular formula is C12H17NO4. The van der Waals surface area contributed by atoms with Gasteiger partial charge in [0.2, 0.25) is 5.76 Å². The van der Waals surface area contributed by atoms with Gasteiger partial charge in [0.25, 0.3) is 0 Å². The normalized spacial score (nSPS) is 10.2. The first-order chi connectivity index (χ1) is 8.04. The number of aliphatic carboxylic acids is 1. The lowest BCUT2D eigenvalue weighted by Gasteiger charge is -2.00. The molecule has 0 aliphatic rings. The second-order valence-electron chi connectivity index (χ2n) is 3.02. The smallest absolute Gasteiger partial charge is 0.371 e. The third kappa shape index (κ3) is 6.21. The summed E-state index contributed by atoms with van der Waals surface area (Å²) in [6, 6.07) is 6.14. The molecule has 0 radical (unpaired) electrons. The highest BCUT2D eigenvalue weighted by Gasteiger charge is 2.05. The zero-order chi connectivity index (χ0) is 13.3. The van der Waals surface area contributed by atoms with E-state index >= 15 is 0 Å². The molecule has 1 aromatic carbocycles.